The smallest absolute Gasteiger partial charge is 0.309 e. The molecule has 1 N–H and O–H groups in total. The Morgan fingerprint density at radius 1 is 1.15 bits per heavy atom. The van der Waals surface area contributed by atoms with Gasteiger partial charge in [-0.2, -0.15) is 0 Å². The zero-order valence-electron chi connectivity index (χ0n) is 15.0. The van der Waals surface area contributed by atoms with Crippen LogP contribution in [-0.4, -0.2) is 30.9 Å². The Balaban J connectivity index is 1.50. The van der Waals surface area contributed by atoms with Crippen LogP contribution in [0.4, 0.5) is 5.69 Å². The molecule has 1 unspecified atom stereocenters. The molecule has 1 amide bonds. The predicted molar refractivity (Wildman–Crippen MR) is 95.8 cm³/mol. The molecule has 0 spiro atoms. The second kappa shape index (κ2) is 8.34. The van der Waals surface area contributed by atoms with Crippen molar-refractivity contribution in [1.29, 1.82) is 0 Å². The summed E-state index contributed by atoms with van der Waals surface area (Å²) in [7, 11) is 0. The quantitative estimate of drug-likeness (QED) is 0.790. The van der Waals surface area contributed by atoms with Crippen LogP contribution in [-0.2, 0) is 19.1 Å². The van der Waals surface area contributed by atoms with Gasteiger partial charge in [0.2, 0.25) is 0 Å². The number of carbonyl (C=O) groups excluding carboxylic acids is 3. The van der Waals surface area contributed by atoms with Gasteiger partial charge in [-0.05, 0) is 44.7 Å². The van der Waals surface area contributed by atoms with E-state index in [0.717, 1.165) is 19.3 Å². The summed E-state index contributed by atoms with van der Waals surface area (Å²) >= 11 is 0. The average molecular weight is 359 g/mol. The number of hydrogen-bond donors (Lipinski definition) is 1. The van der Waals surface area contributed by atoms with Crippen molar-refractivity contribution in [2.75, 3.05) is 18.5 Å². The normalized spacial score (nSPS) is 24.7. The highest BCUT2D eigenvalue weighted by molar-refractivity contribution is 5.94. The predicted octanol–water partition coefficient (Wildman–Crippen LogP) is 2.96. The maximum Gasteiger partial charge on any atom is 0.309 e. The monoisotopic (exact) mass is 359 g/mol. The third-order valence-electron chi connectivity index (χ3n) is 5.19. The first-order valence-corrected chi connectivity index (χ1v) is 9.30. The van der Waals surface area contributed by atoms with Crippen LogP contribution >= 0.6 is 0 Å². The van der Waals surface area contributed by atoms with E-state index in [1.807, 2.05) is 13.0 Å². The van der Waals surface area contributed by atoms with Crippen molar-refractivity contribution in [2.24, 2.45) is 17.8 Å². The topological polar surface area (TPSA) is 81.7 Å². The maximum atomic E-state index is 12.3. The number of ether oxygens (including phenoxy) is 2. The van der Waals surface area contributed by atoms with Gasteiger partial charge >= 0.3 is 5.97 Å². The van der Waals surface area contributed by atoms with Crippen LogP contribution < -0.4 is 10.1 Å². The number of Topliss-reactive ketones (excluding diaryl/α,β-unsaturated/α-hetero) is 1. The first kappa shape index (κ1) is 18.4. The average Bonchev–Trinajstić information content (AvgIpc) is 2.61. The van der Waals surface area contributed by atoms with Crippen molar-refractivity contribution in [2.45, 2.75) is 39.0 Å². The first-order chi connectivity index (χ1) is 12.6. The first-order valence-electron chi connectivity index (χ1n) is 9.30. The lowest BCUT2D eigenvalue weighted by molar-refractivity contribution is -0.155. The molecule has 140 valence electrons. The Labute approximate surface area is 153 Å². The number of hydrogen-bond acceptors (Lipinski definition) is 5. The largest absolute Gasteiger partial charge is 0.492 e. The van der Waals surface area contributed by atoms with Crippen LogP contribution in [0.1, 0.15) is 39.0 Å². The van der Waals surface area contributed by atoms with Gasteiger partial charge in [0, 0.05) is 11.8 Å². The SMILES string of the molecule is CCOc1ccccc1NC(=O)COC(=O)C1C[C@H]2CCC[C@@H](C1)C2=O. The third kappa shape index (κ3) is 4.23. The number of para-hydroxylation sites is 2. The van der Waals surface area contributed by atoms with Gasteiger partial charge in [-0.25, -0.2) is 0 Å². The molecule has 0 aliphatic heterocycles. The molecule has 0 heterocycles. The van der Waals surface area contributed by atoms with E-state index in [-0.39, 0.29) is 30.3 Å². The zero-order valence-corrected chi connectivity index (χ0v) is 15.0. The van der Waals surface area contributed by atoms with Gasteiger partial charge in [0.05, 0.1) is 18.2 Å². The van der Waals surface area contributed by atoms with Crippen LogP contribution in [0.2, 0.25) is 0 Å². The van der Waals surface area contributed by atoms with Crippen LogP contribution in [0.15, 0.2) is 24.3 Å². The van der Waals surface area contributed by atoms with Gasteiger partial charge in [-0.3, -0.25) is 14.4 Å². The molecule has 3 atom stereocenters. The highest BCUT2D eigenvalue weighted by atomic mass is 16.5. The molecule has 2 fully saturated rings. The third-order valence-corrected chi connectivity index (χ3v) is 5.19. The summed E-state index contributed by atoms with van der Waals surface area (Å²) in [5.74, 6) is -0.176. The fourth-order valence-corrected chi connectivity index (χ4v) is 3.96. The van der Waals surface area contributed by atoms with E-state index in [1.165, 1.54) is 0 Å². The number of fused-ring (bicyclic) bond motifs is 2. The second-order valence-corrected chi connectivity index (χ2v) is 6.98. The zero-order chi connectivity index (χ0) is 18.5. The van der Waals surface area contributed by atoms with E-state index >= 15 is 0 Å². The van der Waals surface area contributed by atoms with Gasteiger partial charge in [0.15, 0.2) is 6.61 Å². The molecule has 0 saturated heterocycles. The molecule has 1 aromatic carbocycles. The van der Waals surface area contributed by atoms with E-state index < -0.39 is 5.91 Å². The summed E-state index contributed by atoms with van der Waals surface area (Å²) in [5.41, 5.74) is 0.549. The van der Waals surface area contributed by atoms with E-state index in [9.17, 15) is 14.4 Å². The molecular formula is C20H25NO5. The van der Waals surface area contributed by atoms with Gasteiger partial charge < -0.3 is 14.8 Å². The summed E-state index contributed by atoms with van der Waals surface area (Å²) in [5, 5.41) is 2.71. The standard InChI is InChI=1S/C20H25NO5/c1-2-25-17-9-4-3-8-16(17)21-18(22)12-26-20(24)15-10-13-6-5-7-14(11-15)19(13)23/h3-4,8-9,13-15H,2,5-7,10-12H2,1H3,(H,21,22)/t13-,14+,15?. The van der Waals surface area contributed by atoms with E-state index in [1.54, 1.807) is 18.2 Å². The van der Waals surface area contributed by atoms with Gasteiger partial charge in [-0.15, -0.1) is 0 Å². The number of ketones is 1. The lowest BCUT2D eigenvalue weighted by Gasteiger charge is -2.36. The molecule has 26 heavy (non-hydrogen) atoms. The molecular weight excluding hydrogens is 334 g/mol. The van der Waals surface area contributed by atoms with Crippen LogP contribution in [0.5, 0.6) is 5.75 Å². The van der Waals surface area contributed by atoms with Crippen molar-refractivity contribution >= 4 is 23.3 Å². The summed E-state index contributed by atoms with van der Waals surface area (Å²) in [6.07, 6.45) is 3.91. The lowest BCUT2D eigenvalue weighted by Crippen LogP contribution is -2.40. The van der Waals surface area contributed by atoms with Crippen LogP contribution in [0.25, 0.3) is 0 Å². The summed E-state index contributed by atoms with van der Waals surface area (Å²) in [6, 6.07) is 7.12. The Hall–Kier alpha value is -2.37. The number of benzene rings is 1. The van der Waals surface area contributed by atoms with Crippen molar-refractivity contribution in [3.63, 3.8) is 0 Å². The Kier molecular flexibility index (Phi) is 5.91. The van der Waals surface area contributed by atoms with Crippen LogP contribution in [0.3, 0.4) is 0 Å². The molecule has 2 aliphatic rings. The van der Waals surface area contributed by atoms with Crippen molar-refractivity contribution in [1.82, 2.24) is 0 Å². The number of anilines is 1. The summed E-state index contributed by atoms with van der Waals surface area (Å²) in [4.78, 5) is 36.5. The summed E-state index contributed by atoms with van der Waals surface area (Å²) in [6.45, 7) is 2.02. The minimum absolute atomic E-state index is 0.00746. The fraction of sp³-hybridized carbons (Fsp3) is 0.550. The van der Waals surface area contributed by atoms with E-state index in [0.29, 0.717) is 36.7 Å². The molecule has 6 nitrogen and oxygen atoms in total. The Bertz CT molecular complexity index is 671. The number of carbonyl (C=O) groups is 3. The van der Waals surface area contributed by atoms with Gasteiger partial charge in [0.1, 0.15) is 11.5 Å². The second-order valence-electron chi connectivity index (χ2n) is 6.98. The molecule has 2 saturated carbocycles. The molecule has 0 aromatic heterocycles. The van der Waals surface area contributed by atoms with Crippen molar-refractivity contribution < 1.29 is 23.9 Å². The minimum Gasteiger partial charge on any atom is -0.492 e. The molecule has 1 aromatic rings. The fourth-order valence-electron chi connectivity index (χ4n) is 3.96. The lowest BCUT2D eigenvalue weighted by atomic mass is 9.67. The molecule has 3 rings (SSSR count). The molecule has 2 aliphatic carbocycles. The Morgan fingerprint density at radius 3 is 2.54 bits per heavy atom. The highest BCUT2D eigenvalue weighted by Crippen LogP contribution is 2.40. The van der Waals surface area contributed by atoms with Crippen LogP contribution in [0, 0.1) is 17.8 Å². The Morgan fingerprint density at radius 2 is 1.85 bits per heavy atom. The van der Waals surface area contributed by atoms with E-state index in [4.69, 9.17) is 9.47 Å². The molecule has 2 bridgehead atoms. The minimum atomic E-state index is -0.405. The maximum absolute atomic E-state index is 12.3. The molecule has 6 heteroatoms. The number of rotatable bonds is 6. The van der Waals surface area contributed by atoms with Crippen molar-refractivity contribution in [3.05, 3.63) is 24.3 Å². The van der Waals surface area contributed by atoms with E-state index in [2.05, 4.69) is 5.32 Å². The molecule has 0 radical (unpaired) electrons. The number of esters is 1. The van der Waals surface area contributed by atoms with Gasteiger partial charge in [-0.1, -0.05) is 18.6 Å². The van der Waals surface area contributed by atoms with Crippen molar-refractivity contribution in [3.8, 4) is 5.75 Å². The number of amides is 1. The highest BCUT2D eigenvalue weighted by Gasteiger charge is 2.41. The number of nitrogens with one attached hydrogen (secondary N) is 1. The van der Waals surface area contributed by atoms with Gasteiger partial charge in [0.25, 0.3) is 5.91 Å². The summed E-state index contributed by atoms with van der Waals surface area (Å²) < 4.78 is 10.7.